The fraction of sp³-hybridized carbons (Fsp3) is 0.111. The predicted octanol–water partition coefficient (Wildman–Crippen LogP) is 6.24. The third-order valence-electron chi connectivity index (χ3n) is 5.80. The van der Waals surface area contributed by atoms with E-state index in [0.29, 0.717) is 0 Å². The molecule has 0 saturated heterocycles. The molecule has 29 heavy (non-hydrogen) atoms. The van der Waals surface area contributed by atoms with Gasteiger partial charge in [0, 0.05) is 30.9 Å². The first-order valence-electron chi connectivity index (χ1n) is 9.91. The maximum atomic E-state index is 6.34. The van der Waals surface area contributed by atoms with Crippen molar-refractivity contribution in [1.29, 1.82) is 0 Å². The molecular formula is C27H23NO. The summed E-state index contributed by atoms with van der Waals surface area (Å²) < 4.78 is 6.34. The van der Waals surface area contributed by atoms with Crippen LogP contribution in [0.15, 0.2) is 103 Å². The Hall–Kier alpha value is -3.52. The highest BCUT2D eigenvalue weighted by Crippen LogP contribution is 2.55. The molecule has 0 fully saturated rings. The van der Waals surface area contributed by atoms with Gasteiger partial charge in [0.2, 0.25) is 0 Å². The molecule has 0 N–H and O–H groups in total. The summed E-state index contributed by atoms with van der Waals surface area (Å²) in [6.45, 7) is 0. The normalized spacial score (nSPS) is 13.7. The summed E-state index contributed by atoms with van der Waals surface area (Å²) in [5, 5.41) is 0. The molecule has 0 atom stereocenters. The molecule has 0 bridgehead atoms. The first-order chi connectivity index (χ1) is 14.2. The number of ether oxygens (including phenoxy) is 1. The van der Waals surface area contributed by atoms with Crippen LogP contribution in [0.2, 0.25) is 0 Å². The number of hydrogen-bond acceptors (Lipinski definition) is 2. The predicted molar refractivity (Wildman–Crippen MR) is 119 cm³/mol. The van der Waals surface area contributed by atoms with Crippen molar-refractivity contribution in [2.75, 3.05) is 19.0 Å². The van der Waals surface area contributed by atoms with E-state index >= 15 is 0 Å². The number of para-hydroxylation sites is 2. The topological polar surface area (TPSA) is 12.5 Å². The molecule has 0 amide bonds. The Balaban J connectivity index is 1.94. The van der Waals surface area contributed by atoms with Gasteiger partial charge >= 0.3 is 0 Å². The molecule has 0 spiro atoms. The minimum absolute atomic E-state index is 0.446. The molecule has 1 heterocycles. The van der Waals surface area contributed by atoms with Crippen molar-refractivity contribution < 1.29 is 4.74 Å². The highest BCUT2D eigenvalue weighted by Gasteiger charge is 2.45. The van der Waals surface area contributed by atoms with Gasteiger partial charge in [0.05, 0.1) is 5.41 Å². The standard InChI is InChI=1S/C27H23NO/c1-28(2)22-14-10-13-21(19-22)27(20-11-4-3-5-12-20)23-15-6-8-17-25(23)29-26-18-9-7-16-24(26)27/h3-19H,1-2H3. The Morgan fingerprint density at radius 1 is 0.586 bits per heavy atom. The van der Waals surface area contributed by atoms with E-state index in [1.807, 2.05) is 12.1 Å². The molecule has 2 heteroatoms. The Morgan fingerprint density at radius 2 is 1.14 bits per heavy atom. The van der Waals surface area contributed by atoms with Gasteiger partial charge in [-0.05, 0) is 35.4 Å². The van der Waals surface area contributed by atoms with Gasteiger partial charge in [-0.25, -0.2) is 0 Å². The van der Waals surface area contributed by atoms with Crippen LogP contribution in [0.4, 0.5) is 5.69 Å². The summed E-state index contributed by atoms with van der Waals surface area (Å²) in [6, 6.07) is 36.4. The van der Waals surface area contributed by atoms with E-state index < -0.39 is 5.41 Å². The van der Waals surface area contributed by atoms with Crippen molar-refractivity contribution >= 4 is 5.69 Å². The molecule has 4 aromatic rings. The smallest absolute Gasteiger partial charge is 0.132 e. The molecule has 0 radical (unpaired) electrons. The maximum Gasteiger partial charge on any atom is 0.132 e. The van der Waals surface area contributed by atoms with Gasteiger partial charge in [0.15, 0.2) is 0 Å². The van der Waals surface area contributed by atoms with Gasteiger partial charge in [0.1, 0.15) is 11.5 Å². The lowest BCUT2D eigenvalue weighted by atomic mass is 9.63. The fourth-order valence-corrected chi connectivity index (χ4v) is 4.49. The Morgan fingerprint density at radius 3 is 1.76 bits per heavy atom. The number of fused-ring (bicyclic) bond motifs is 2. The van der Waals surface area contributed by atoms with Crippen LogP contribution in [0.1, 0.15) is 22.3 Å². The molecule has 5 rings (SSSR count). The lowest BCUT2D eigenvalue weighted by molar-refractivity contribution is 0.434. The average molecular weight is 377 g/mol. The summed E-state index contributed by atoms with van der Waals surface area (Å²) in [7, 11) is 4.17. The van der Waals surface area contributed by atoms with E-state index in [1.165, 1.54) is 27.9 Å². The molecule has 142 valence electrons. The Bertz CT molecular complexity index is 1120. The number of nitrogens with zero attached hydrogens (tertiary/aromatic N) is 1. The van der Waals surface area contributed by atoms with Crippen LogP contribution in [-0.4, -0.2) is 14.1 Å². The number of rotatable bonds is 3. The van der Waals surface area contributed by atoms with Crippen molar-refractivity contribution in [1.82, 2.24) is 0 Å². The molecule has 0 aromatic heterocycles. The highest BCUT2D eigenvalue weighted by molar-refractivity contribution is 5.70. The minimum atomic E-state index is -0.446. The van der Waals surface area contributed by atoms with Crippen molar-refractivity contribution in [3.05, 3.63) is 125 Å². The summed E-state index contributed by atoms with van der Waals surface area (Å²) in [5.41, 5.74) is 5.54. The molecular weight excluding hydrogens is 354 g/mol. The quantitative estimate of drug-likeness (QED) is 0.369. The van der Waals surface area contributed by atoms with Crippen LogP contribution in [0.5, 0.6) is 11.5 Å². The van der Waals surface area contributed by atoms with Gasteiger partial charge in [0.25, 0.3) is 0 Å². The molecule has 0 aliphatic carbocycles. The van der Waals surface area contributed by atoms with Crippen molar-refractivity contribution in [2.45, 2.75) is 5.41 Å². The van der Waals surface area contributed by atoms with E-state index in [4.69, 9.17) is 4.74 Å². The largest absolute Gasteiger partial charge is 0.457 e. The number of hydrogen-bond donors (Lipinski definition) is 0. The molecule has 4 aromatic carbocycles. The number of benzene rings is 4. The molecule has 1 aliphatic rings. The van der Waals surface area contributed by atoms with Crippen LogP contribution in [-0.2, 0) is 5.41 Å². The zero-order chi connectivity index (χ0) is 19.8. The van der Waals surface area contributed by atoms with Crippen LogP contribution in [0, 0.1) is 0 Å². The molecule has 2 nitrogen and oxygen atoms in total. The molecule has 1 aliphatic heterocycles. The van der Waals surface area contributed by atoms with Gasteiger partial charge in [-0.15, -0.1) is 0 Å². The Labute approximate surface area is 172 Å². The van der Waals surface area contributed by atoms with E-state index in [9.17, 15) is 0 Å². The van der Waals surface area contributed by atoms with E-state index in [0.717, 1.165) is 11.5 Å². The SMILES string of the molecule is CN(C)c1cccc(C2(c3ccccc3)c3ccccc3Oc3ccccc32)c1. The first-order valence-corrected chi connectivity index (χ1v) is 9.91. The van der Waals surface area contributed by atoms with E-state index in [1.54, 1.807) is 0 Å². The third-order valence-corrected chi connectivity index (χ3v) is 5.80. The van der Waals surface area contributed by atoms with Gasteiger partial charge < -0.3 is 9.64 Å². The minimum Gasteiger partial charge on any atom is -0.457 e. The first kappa shape index (κ1) is 17.6. The van der Waals surface area contributed by atoms with Crippen LogP contribution < -0.4 is 9.64 Å². The average Bonchev–Trinajstić information content (AvgIpc) is 2.78. The van der Waals surface area contributed by atoms with Gasteiger partial charge in [-0.3, -0.25) is 0 Å². The van der Waals surface area contributed by atoms with Crippen LogP contribution in [0.3, 0.4) is 0 Å². The van der Waals surface area contributed by atoms with Crippen molar-refractivity contribution in [2.24, 2.45) is 0 Å². The summed E-state index contributed by atoms with van der Waals surface area (Å²) >= 11 is 0. The highest BCUT2D eigenvalue weighted by atomic mass is 16.5. The zero-order valence-corrected chi connectivity index (χ0v) is 16.7. The molecule has 0 saturated carbocycles. The lowest BCUT2D eigenvalue weighted by Crippen LogP contribution is -2.34. The summed E-state index contributed by atoms with van der Waals surface area (Å²) in [6.07, 6.45) is 0. The fourth-order valence-electron chi connectivity index (χ4n) is 4.49. The summed E-state index contributed by atoms with van der Waals surface area (Å²) in [5.74, 6) is 1.82. The van der Waals surface area contributed by atoms with Crippen LogP contribution >= 0.6 is 0 Å². The van der Waals surface area contributed by atoms with Gasteiger partial charge in [-0.1, -0.05) is 78.9 Å². The maximum absolute atomic E-state index is 6.34. The Kier molecular flexibility index (Phi) is 4.13. The van der Waals surface area contributed by atoms with Crippen molar-refractivity contribution in [3.63, 3.8) is 0 Å². The zero-order valence-electron chi connectivity index (χ0n) is 16.7. The molecule has 0 unspecified atom stereocenters. The van der Waals surface area contributed by atoms with Crippen LogP contribution in [0.25, 0.3) is 0 Å². The lowest BCUT2D eigenvalue weighted by Gasteiger charge is -2.41. The monoisotopic (exact) mass is 377 g/mol. The summed E-state index contributed by atoms with van der Waals surface area (Å²) in [4.78, 5) is 2.15. The van der Waals surface area contributed by atoms with E-state index in [-0.39, 0.29) is 0 Å². The van der Waals surface area contributed by atoms with Crippen molar-refractivity contribution in [3.8, 4) is 11.5 Å². The number of anilines is 1. The van der Waals surface area contributed by atoms with Gasteiger partial charge in [-0.2, -0.15) is 0 Å². The third kappa shape index (κ3) is 2.64. The second-order valence-corrected chi connectivity index (χ2v) is 7.66. The second-order valence-electron chi connectivity index (χ2n) is 7.66. The second kappa shape index (κ2) is 6.82. The van der Waals surface area contributed by atoms with E-state index in [2.05, 4.69) is 110 Å².